The first-order chi connectivity index (χ1) is 21.6. The third kappa shape index (κ3) is 5.23. The number of carbonyl (C=O) groups is 2. The summed E-state index contributed by atoms with van der Waals surface area (Å²) in [7, 11) is 0. The highest BCUT2D eigenvalue weighted by Gasteiger charge is 2.31. The molecule has 2 aliphatic heterocycles. The van der Waals surface area contributed by atoms with Gasteiger partial charge in [-0.15, -0.1) is 0 Å². The molecule has 232 valence electrons. The minimum atomic E-state index is -0.881. The van der Waals surface area contributed by atoms with Crippen LogP contribution in [0, 0.1) is 11.6 Å². The summed E-state index contributed by atoms with van der Waals surface area (Å²) in [5, 5.41) is 3.04. The zero-order valence-corrected chi connectivity index (χ0v) is 25.3. The molecular weight excluding hydrogens is 580 g/mol. The molecule has 2 aliphatic rings. The molecular formula is C33H33F2N7O3. The average molecular weight is 614 g/mol. The van der Waals surface area contributed by atoms with Crippen molar-refractivity contribution in [1.82, 2.24) is 29.7 Å². The summed E-state index contributed by atoms with van der Waals surface area (Å²) in [4.78, 5) is 57.0. The van der Waals surface area contributed by atoms with Gasteiger partial charge in [0, 0.05) is 38.4 Å². The van der Waals surface area contributed by atoms with Gasteiger partial charge in [0.25, 0.3) is 5.91 Å². The number of hydrogen-bond acceptors (Lipinski definition) is 7. The second-order valence-electron chi connectivity index (χ2n) is 11.7. The average Bonchev–Trinajstić information content (AvgIpc) is 3.02. The number of anilines is 1. The SMILES string of the molecule is C=CC(=O)N1CCN(c2nc(=O)n3c4nc(c(F)cc24)-c2c(F)cccc2C(=O)NCCCc2ccnc(C(C)C)c2-3)[C@@H](C)C1. The molecule has 2 amide bonds. The van der Waals surface area contributed by atoms with E-state index in [9.17, 15) is 14.4 Å². The molecule has 6 rings (SSSR count). The van der Waals surface area contributed by atoms with Crippen molar-refractivity contribution in [2.75, 3.05) is 31.1 Å². The summed E-state index contributed by atoms with van der Waals surface area (Å²) >= 11 is 0. The number of halogens is 2. The zero-order valence-electron chi connectivity index (χ0n) is 25.3. The Morgan fingerprint density at radius 3 is 2.67 bits per heavy atom. The minimum absolute atomic E-state index is 0.0585. The van der Waals surface area contributed by atoms with Gasteiger partial charge in [-0.3, -0.25) is 14.6 Å². The molecule has 1 atom stereocenters. The molecule has 12 heteroatoms. The summed E-state index contributed by atoms with van der Waals surface area (Å²) in [5.41, 5.74) is 0.515. The molecule has 1 saturated heterocycles. The number of piperazine rings is 1. The summed E-state index contributed by atoms with van der Waals surface area (Å²) in [5.74, 6) is -2.38. The predicted molar refractivity (Wildman–Crippen MR) is 167 cm³/mol. The van der Waals surface area contributed by atoms with Crippen molar-refractivity contribution in [1.29, 1.82) is 0 Å². The van der Waals surface area contributed by atoms with E-state index in [1.807, 2.05) is 31.7 Å². The lowest BCUT2D eigenvalue weighted by atomic mass is 10.0. The van der Waals surface area contributed by atoms with E-state index in [-0.39, 0.29) is 52.4 Å². The van der Waals surface area contributed by atoms with E-state index in [4.69, 9.17) is 0 Å². The van der Waals surface area contributed by atoms with Gasteiger partial charge in [-0.2, -0.15) is 4.98 Å². The van der Waals surface area contributed by atoms with E-state index in [0.717, 1.165) is 11.6 Å². The zero-order chi connectivity index (χ0) is 32.0. The van der Waals surface area contributed by atoms with Crippen molar-refractivity contribution in [3.8, 4) is 16.9 Å². The number of pyridine rings is 2. The molecule has 2 bridgehead atoms. The normalized spacial score (nSPS) is 16.8. The summed E-state index contributed by atoms with van der Waals surface area (Å²) < 4.78 is 33.1. The lowest BCUT2D eigenvalue weighted by Gasteiger charge is -2.40. The number of carbonyl (C=O) groups excluding carboxylic acids is 2. The Labute approximate surface area is 258 Å². The second-order valence-corrected chi connectivity index (χ2v) is 11.7. The number of amides is 2. The van der Waals surface area contributed by atoms with Gasteiger partial charge in [-0.25, -0.2) is 23.1 Å². The Kier molecular flexibility index (Phi) is 7.90. The maximum Gasteiger partial charge on any atom is 0.355 e. The first-order valence-electron chi connectivity index (χ1n) is 15.0. The monoisotopic (exact) mass is 613 g/mol. The molecule has 1 fully saturated rings. The van der Waals surface area contributed by atoms with E-state index in [1.165, 1.54) is 28.8 Å². The molecule has 45 heavy (non-hydrogen) atoms. The molecule has 10 nitrogen and oxygen atoms in total. The van der Waals surface area contributed by atoms with Crippen LogP contribution in [0.4, 0.5) is 14.6 Å². The lowest BCUT2D eigenvalue weighted by molar-refractivity contribution is -0.126. The molecule has 0 aliphatic carbocycles. The lowest BCUT2D eigenvalue weighted by Crippen LogP contribution is -2.54. The van der Waals surface area contributed by atoms with Crippen LogP contribution in [0.3, 0.4) is 0 Å². The Balaban J connectivity index is 1.70. The molecule has 0 spiro atoms. The summed E-state index contributed by atoms with van der Waals surface area (Å²) in [6.07, 6.45) is 3.92. The van der Waals surface area contributed by atoms with Gasteiger partial charge in [0.1, 0.15) is 17.3 Å². The van der Waals surface area contributed by atoms with Crippen LogP contribution in [0.2, 0.25) is 0 Å². The minimum Gasteiger partial charge on any atom is -0.352 e. The molecule has 5 heterocycles. The Morgan fingerprint density at radius 1 is 1.13 bits per heavy atom. The van der Waals surface area contributed by atoms with Crippen LogP contribution >= 0.6 is 0 Å². The van der Waals surface area contributed by atoms with Crippen molar-refractivity contribution in [2.45, 2.75) is 45.6 Å². The standard InChI is InChI=1S/C33H33F2N7O3/c1-5-25(43)40-14-15-41(19(4)17-40)30-22-16-24(35)28-26-21(9-6-10-23(26)34)32(44)37-12-7-8-20-11-13-36-27(18(2)3)29(20)42(31(22)38-28)33(45)39-30/h5-6,9-11,13,16,18-19H,1,7-8,12,14-15,17H2,2-4H3,(H,37,44)/t19-/m0/s1. The van der Waals surface area contributed by atoms with E-state index >= 15 is 8.78 Å². The van der Waals surface area contributed by atoms with Crippen molar-refractivity contribution < 1.29 is 18.4 Å². The highest BCUT2D eigenvalue weighted by atomic mass is 19.1. The number of aryl methyl sites for hydroxylation is 1. The molecule has 0 radical (unpaired) electrons. The van der Waals surface area contributed by atoms with E-state index in [0.29, 0.717) is 43.9 Å². The first kappa shape index (κ1) is 30.0. The summed E-state index contributed by atoms with van der Waals surface area (Å²) in [6.45, 7) is 10.6. The van der Waals surface area contributed by atoms with Crippen LogP contribution in [0.1, 0.15) is 54.7 Å². The van der Waals surface area contributed by atoms with E-state index in [1.54, 1.807) is 11.1 Å². The molecule has 3 aromatic heterocycles. The fourth-order valence-corrected chi connectivity index (χ4v) is 6.23. The Morgan fingerprint density at radius 2 is 1.93 bits per heavy atom. The number of rotatable bonds is 3. The van der Waals surface area contributed by atoms with Crippen molar-refractivity contribution in [2.24, 2.45) is 0 Å². The summed E-state index contributed by atoms with van der Waals surface area (Å²) in [6, 6.07) is 6.67. The number of aromatic nitrogens is 4. The quantitative estimate of drug-likeness (QED) is 0.346. The molecule has 0 saturated carbocycles. The highest BCUT2D eigenvalue weighted by Crippen LogP contribution is 2.35. The van der Waals surface area contributed by atoms with Gasteiger partial charge >= 0.3 is 5.69 Å². The van der Waals surface area contributed by atoms with Crippen molar-refractivity contribution in [3.63, 3.8) is 0 Å². The van der Waals surface area contributed by atoms with Crippen LogP contribution in [-0.4, -0.2) is 68.5 Å². The van der Waals surface area contributed by atoms with Gasteiger partial charge in [-0.05, 0) is 61.6 Å². The third-order valence-corrected chi connectivity index (χ3v) is 8.40. The molecule has 1 N–H and O–H groups in total. The van der Waals surface area contributed by atoms with E-state index in [2.05, 4.69) is 26.8 Å². The second kappa shape index (κ2) is 11.8. The number of nitrogens with one attached hydrogen (secondary N) is 1. The van der Waals surface area contributed by atoms with Gasteiger partial charge in [0.2, 0.25) is 5.91 Å². The first-order valence-corrected chi connectivity index (χ1v) is 15.0. The smallest absolute Gasteiger partial charge is 0.352 e. The van der Waals surface area contributed by atoms with Gasteiger partial charge in [0.15, 0.2) is 11.5 Å². The number of hydrogen-bond donors (Lipinski definition) is 1. The van der Waals surface area contributed by atoms with Crippen LogP contribution in [0.15, 0.2) is 54.0 Å². The van der Waals surface area contributed by atoms with Gasteiger partial charge < -0.3 is 15.1 Å². The van der Waals surface area contributed by atoms with Crippen LogP contribution in [0.5, 0.6) is 0 Å². The fourth-order valence-electron chi connectivity index (χ4n) is 6.23. The van der Waals surface area contributed by atoms with Gasteiger partial charge in [0.05, 0.1) is 27.9 Å². The van der Waals surface area contributed by atoms with Crippen LogP contribution in [0.25, 0.3) is 28.0 Å². The van der Waals surface area contributed by atoms with Crippen molar-refractivity contribution in [3.05, 3.63) is 88.1 Å². The molecule has 1 aromatic carbocycles. The largest absolute Gasteiger partial charge is 0.355 e. The predicted octanol–water partition coefficient (Wildman–Crippen LogP) is 4.14. The van der Waals surface area contributed by atoms with Crippen LogP contribution in [-0.2, 0) is 11.2 Å². The third-order valence-electron chi connectivity index (χ3n) is 8.40. The maximum atomic E-state index is 16.2. The Hall–Kier alpha value is -5.00. The van der Waals surface area contributed by atoms with Crippen LogP contribution < -0.4 is 15.9 Å². The van der Waals surface area contributed by atoms with Crippen molar-refractivity contribution >= 4 is 28.7 Å². The molecule has 4 aromatic rings. The fraction of sp³-hybridized carbons (Fsp3) is 0.333. The Bertz CT molecular complexity index is 1920. The number of fused-ring (bicyclic) bond motifs is 5. The topological polar surface area (TPSA) is 113 Å². The number of nitrogens with zero attached hydrogens (tertiary/aromatic N) is 6. The molecule has 0 unspecified atom stereocenters. The van der Waals surface area contributed by atoms with Gasteiger partial charge in [-0.1, -0.05) is 26.5 Å². The number of benzene rings is 1. The van der Waals surface area contributed by atoms with E-state index < -0.39 is 28.9 Å². The highest BCUT2D eigenvalue weighted by molar-refractivity contribution is 6.01. The maximum absolute atomic E-state index is 16.2.